The first-order valence-corrected chi connectivity index (χ1v) is 5.80. The van der Waals surface area contributed by atoms with E-state index in [1.807, 2.05) is 45.2 Å². The van der Waals surface area contributed by atoms with Crippen LogP contribution in [0.15, 0.2) is 28.7 Å². The molecular weight excluding hydrogens is 268 g/mol. The summed E-state index contributed by atoms with van der Waals surface area (Å²) in [6, 6.07) is 7.83. The van der Waals surface area contributed by atoms with Crippen molar-refractivity contribution >= 4 is 15.9 Å². The van der Waals surface area contributed by atoms with Crippen LogP contribution in [0.5, 0.6) is 11.6 Å². The average Bonchev–Trinajstić information content (AvgIpc) is 2.51. The molecule has 0 saturated heterocycles. The topological polar surface area (TPSA) is 27.1 Å². The summed E-state index contributed by atoms with van der Waals surface area (Å²) in [6.45, 7) is 3.99. The van der Waals surface area contributed by atoms with Gasteiger partial charge in [0, 0.05) is 17.6 Å². The molecule has 1 aromatic carbocycles. The zero-order valence-corrected chi connectivity index (χ0v) is 11.1. The predicted octanol–water partition coefficient (Wildman–Crippen LogP) is 3.59. The molecule has 0 aliphatic carbocycles. The minimum Gasteiger partial charge on any atom is -0.439 e. The van der Waals surface area contributed by atoms with Gasteiger partial charge in [-0.3, -0.25) is 0 Å². The van der Waals surface area contributed by atoms with Gasteiger partial charge in [-0.1, -0.05) is 22.0 Å². The molecule has 4 heteroatoms. The first-order valence-electron chi connectivity index (χ1n) is 5.01. The number of benzene rings is 1. The minimum absolute atomic E-state index is 0.744. The third kappa shape index (κ3) is 2.27. The second kappa shape index (κ2) is 4.29. The van der Waals surface area contributed by atoms with Gasteiger partial charge in [-0.2, -0.15) is 5.10 Å². The Labute approximate surface area is 103 Å². The normalized spacial score (nSPS) is 10.5. The number of aromatic nitrogens is 2. The molecule has 0 saturated carbocycles. The van der Waals surface area contributed by atoms with Crippen LogP contribution in [0, 0.1) is 13.8 Å². The van der Waals surface area contributed by atoms with Crippen molar-refractivity contribution in [3.63, 3.8) is 0 Å². The second-order valence-electron chi connectivity index (χ2n) is 3.76. The highest BCUT2D eigenvalue weighted by Gasteiger charge is 2.05. The molecule has 1 aromatic heterocycles. The van der Waals surface area contributed by atoms with Gasteiger partial charge in [0.05, 0.1) is 5.69 Å². The van der Waals surface area contributed by atoms with Crippen molar-refractivity contribution in [1.29, 1.82) is 0 Å². The highest BCUT2D eigenvalue weighted by atomic mass is 79.9. The van der Waals surface area contributed by atoms with Gasteiger partial charge in [0.15, 0.2) is 0 Å². The fourth-order valence-corrected chi connectivity index (χ4v) is 1.80. The summed E-state index contributed by atoms with van der Waals surface area (Å²) in [5.74, 6) is 1.55. The third-order valence-electron chi connectivity index (χ3n) is 2.32. The van der Waals surface area contributed by atoms with E-state index in [1.54, 1.807) is 4.68 Å². The Hall–Kier alpha value is -1.29. The lowest BCUT2D eigenvalue weighted by molar-refractivity contribution is 0.430. The molecule has 2 aromatic rings. The predicted molar refractivity (Wildman–Crippen MR) is 66.9 cm³/mol. The van der Waals surface area contributed by atoms with Gasteiger partial charge in [0.25, 0.3) is 0 Å². The molecular formula is C12H13BrN2O. The second-order valence-corrected chi connectivity index (χ2v) is 4.61. The van der Waals surface area contributed by atoms with Crippen molar-refractivity contribution < 1.29 is 4.74 Å². The maximum Gasteiger partial charge on any atom is 0.217 e. The van der Waals surface area contributed by atoms with E-state index in [0.717, 1.165) is 21.8 Å². The largest absolute Gasteiger partial charge is 0.439 e. The zero-order valence-electron chi connectivity index (χ0n) is 9.49. The molecule has 1 heterocycles. The van der Waals surface area contributed by atoms with E-state index in [1.165, 1.54) is 5.56 Å². The SMILES string of the molecule is Cc1cc(Oc2ccc(C)c(Br)c2)n(C)n1. The lowest BCUT2D eigenvalue weighted by Crippen LogP contribution is -1.95. The van der Waals surface area contributed by atoms with Gasteiger partial charge in [-0.25, -0.2) is 4.68 Å². The van der Waals surface area contributed by atoms with Crippen molar-refractivity contribution in [3.05, 3.63) is 40.0 Å². The van der Waals surface area contributed by atoms with Crippen molar-refractivity contribution in [2.45, 2.75) is 13.8 Å². The van der Waals surface area contributed by atoms with Crippen molar-refractivity contribution in [1.82, 2.24) is 9.78 Å². The maximum atomic E-state index is 5.74. The molecule has 0 bridgehead atoms. The Bertz CT molecular complexity index is 520. The van der Waals surface area contributed by atoms with Gasteiger partial charge in [-0.05, 0) is 31.5 Å². The van der Waals surface area contributed by atoms with Crippen LogP contribution >= 0.6 is 15.9 Å². The lowest BCUT2D eigenvalue weighted by Gasteiger charge is -2.06. The van der Waals surface area contributed by atoms with Gasteiger partial charge in [-0.15, -0.1) is 0 Å². The summed E-state index contributed by atoms with van der Waals surface area (Å²) in [6.07, 6.45) is 0. The first kappa shape index (κ1) is 11.2. The van der Waals surface area contributed by atoms with Crippen LogP contribution in [0.4, 0.5) is 0 Å². The molecule has 84 valence electrons. The third-order valence-corrected chi connectivity index (χ3v) is 3.18. The molecule has 0 aliphatic rings. The quantitative estimate of drug-likeness (QED) is 0.841. The van der Waals surface area contributed by atoms with Crippen LogP contribution in [0.1, 0.15) is 11.3 Å². The Morgan fingerprint density at radius 2 is 2.00 bits per heavy atom. The van der Waals surface area contributed by atoms with Gasteiger partial charge < -0.3 is 4.74 Å². The van der Waals surface area contributed by atoms with Crippen molar-refractivity contribution in [3.8, 4) is 11.6 Å². The number of hydrogen-bond donors (Lipinski definition) is 0. The molecule has 0 atom stereocenters. The summed E-state index contributed by atoms with van der Waals surface area (Å²) in [5, 5.41) is 4.23. The molecule has 0 radical (unpaired) electrons. The highest BCUT2D eigenvalue weighted by Crippen LogP contribution is 2.26. The molecule has 3 nitrogen and oxygen atoms in total. The van der Waals surface area contributed by atoms with Gasteiger partial charge >= 0.3 is 0 Å². The standard InChI is InChI=1S/C12H13BrN2O/c1-8-4-5-10(7-11(8)13)16-12-6-9(2)14-15(12)3/h4-7H,1-3H3. The summed E-state index contributed by atoms with van der Waals surface area (Å²) in [7, 11) is 1.87. The van der Waals surface area contributed by atoms with Crippen LogP contribution in [0.25, 0.3) is 0 Å². The number of ether oxygens (including phenoxy) is 1. The summed E-state index contributed by atoms with van der Waals surface area (Å²) in [4.78, 5) is 0. The number of rotatable bonds is 2. The summed E-state index contributed by atoms with van der Waals surface area (Å²) < 4.78 is 8.51. The lowest BCUT2D eigenvalue weighted by atomic mass is 10.2. The van der Waals surface area contributed by atoms with Crippen LogP contribution in [-0.2, 0) is 7.05 Å². The number of aryl methyl sites for hydroxylation is 3. The van der Waals surface area contributed by atoms with Gasteiger partial charge in [0.2, 0.25) is 5.88 Å². The highest BCUT2D eigenvalue weighted by molar-refractivity contribution is 9.10. The van der Waals surface area contributed by atoms with E-state index in [-0.39, 0.29) is 0 Å². The minimum atomic E-state index is 0.744. The van der Waals surface area contributed by atoms with Crippen LogP contribution in [-0.4, -0.2) is 9.78 Å². The fraction of sp³-hybridized carbons (Fsp3) is 0.250. The molecule has 16 heavy (non-hydrogen) atoms. The maximum absolute atomic E-state index is 5.74. The van der Waals surface area contributed by atoms with Crippen molar-refractivity contribution in [2.24, 2.45) is 7.05 Å². The summed E-state index contributed by atoms with van der Waals surface area (Å²) >= 11 is 3.48. The molecule has 0 spiro atoms. The molecule has 0 fully saturated rings. The Morgan fingerprint density at radius 1 is 1.25 bits per heavy atom. The zero-order chi connectivity index (χ0) is 11.7. The van der Waals surface area contributed by atoms with Crippen LogP contribution < -0.4 is 4.74 Å². The van der Waals surface area contributed by atoms with Crippen LogP contribution in [0.3, 0.4) is 0 Å². The Kier molecular flexibility index (Phi) is 3.01. The Morgan fingerprint density at radius 3 is 2.56 bits per heavy atom. The average molecular weight is 281 g/mol. The Balaban J connectivity index is 2.27. The molecule has 2 rings (SSSR count). The monoisotopic (exact) mass is 280 g/mol. The van der Waals surface area contributed by atoms with E-state index in [2.05, 4.69) is 21.0 Å². The van der Waals surface area contributed by atoms with E-state index in [9.17, 15) is 0 Å². The van der Waals surface area contributed by atoms with Crippen molar-refractivity contribution in [2.75, 3.05) is 0 Å². The van der Waals surface area contributed by atoms with Crippen LogP contribution in [0.2, 0.25) is 0 Å². The van der Waals surface area contributed by atoms with E-state index in [0.29, 0.717) is 0 Å². The number of hydrogen-bond acceptors (Lipinski definition) is 2. The van der Waals surface area contributed by atoms with E-state index >= 15 is 0 Å². The summed E-state index contributed by atoms with van der Waals surface area (Å²) in [5.41, 5.74) is 2.14. The van der Waals surface area contributed by atoms with E-state index < -0.39 is 0 Å². The fourth-order valence-electron chi connectivity index (χ4n) is 1.44. The molecule has 0 N–H and O–H groups in total. The smallest absolute Gasteiger partial charge is 0.217 e. The molecule has 0 amide bonds. The number of halogens is 1. The number of nitrogens with zero attached hydrogens (tertiary/aromatic N) is 2. The van der Waals surface area contributed by atoms with Gasteiger partial charge in [0.1, 0.15) is 5.75 Å². The first-order chi connectivity index (χ1) is 7.56. The van der Waals surface area contributed by atoms with E-state index in [4.69, 9.17) is 4.74 Å². The molecule has 0 aliphatic heterocycles. The molecule has 0 unspecified atom stereocenters.